The largest absolute Gasteiger partial charge is 0.488 e. The van der Waals surface area contributed by atoms with Gasteiger partial charge in [-0.25, -0.2) is 0 Å². The van der Waals surface area contributed by atoms with E-state index in [0.717, 1.165) is 24.3 Å². The Bertz CT molecular complexity index is 648. The number of rotatable bonds is 4. The van der Waals surface area contributed by atoms with E-state index >= 15 is 0 Å². The number of benzene rings is 1. The molecule has 0 aliphatic carbocycles. The predicted octanol–water partition coefficient (Wildman–Crippen LogP) is 2.96. The lowest BCUT2D eigenvalue weighted by molar-refractivity contribution is -0.129. The van der Waals surface area contributed by atoms with Crippen LogP contribution in [0.1, 0.15) is 12.0 Å². The van der Waals surface area contributed by atoms with E-state index in [-0.39, 0.29) is 12.0 Å². The highest BCUT2D eigenvalue weighted by Crippen LogP contribution is 2.22. The van der Waals surface area contributed by atoms with Crippen molar-refractivity contribution in [2.75, 3.05) is 13.1 Å². The zero-order valence-electron chi connectivity index (χ0n) is 12.1. The number of aromatic nitrogens is 1. The summed E-state index contributed by atoms with van der Waals surface area (Å²) in [6, 6.07) is 11.1. The van der Waals surface area contributed by atoms with Gasteiger partial charge in [0.2, 0.25) is 5.91 Å². The van der Waals surface area contributed by atoms with Gasteiger partial charge < -0.3 is 9.64 Å². The normalized spacial score (nSPS) is 17.5. The highest BCUT2D eigenvalue weighted by molar-refractivity contribution is 6.30. The van der Waals surface area contributed by atoms with Gasteiger partial charge in [0.15, 0.2) is 0 Å². The number of pyridine rings is 1. The minimum atomic E-state index is 0.0244. The molecule has 1 aliphatic rings. The fourth-order valence-electron chi connectivity index (χ4n) is 2.57. The first-order chi connectivity index (χ1) is 10.7. The number of likely N-dealkylation sites (tertiary alicyclic amines) is 1. The van der Waals surface area contributed by atoms with Crippen LogP contribution < -0.4 is 4.74 Å². The Morgan fingerprint density at radius 1 is 1.36 bits per heavy atom. The molecule has 114 valence electrons. The molecule has 0 bridgehead atoms. The monoisotopic (exact) mass is 316 g/mol. The summed E-state index contributed by atoms with van der Waals surface area (Å²) < 4.78 is 5.90. The third-order valence-corrected chi connectivity index (χ3v) is 3.91. The zero-order valence-corrected chi connectivity index (χ0v) is 12.9. The third-order valence-electron chi connectivity index (χ3n) is 3.67. The molecule has 22 heavy (non-hydrogen) atoms. The maximum Gasteiger partial charge on any atom is 0.227 e. The smallest absolute Gasteiger partial charge is 0.227 e. The molecule has 1 saturated heterocycles. The second kappa shape index (κ2) is 6.79. The number of hydrogen-bond donors (Lipinski definition) is 0. The first-order valence-electron chi connectivity index (χ1n) is 7.29. The van der Waals surface area contributed by atoms with Crippen LogP contribution in [0.3, 0.4) is 0 Å². The van der Waals surface area contributed by atoms with Crippen molar-refractivity contribution in [2.24, 2.45) is 0 Å². The standard InChI is InChI=1S/C17H17ClN2O2/c18-14-4-1-5-15(10-14)22-16-6-8-20(12-16)17(21)9-13-3-2-7-19-11-13/h1-5,7,10-11,16H,6,8-9,12H2/t16-/m0/s1. The molecule has 2 aromatic rings. The van der Waals surface area contributed by atoms with Crippen molar-refractivity contribution in [1.82, 2.24) is 9.88 Å². The number of carbonyl (C=O) groups is 1. The fourth-order valence-corrected chi connectivity index (χ4v) is 2.75. The zero-order chi connectivity index (χ0) is 15.4. The maximum absolute atomic E-state index is 12.3. The van der Waals surface area contributed by atoms with Gasteiger partial charge in [-0.3, -0.25) is 9.78 Å². The van der Waals surface area contributed by atoms with Crippen LogP contribution in [0.2, 0.25) is 5.02 Å². The fraction of sp³-hybridized carbons (Fsp3) is 0.294. The molecule has 1 atom stereocenters. The highest BCUT2D eigenvalue weighted by atomic mass is 35.5. The van der Waals surface area contributed by atoms with Crippen LogP contribution >= 0.6 is 11.6 Å². The molecular formula is C17H17ClN2O2. The Morgan fingerprint density at radius 3 is 3.05 bits per heavy atom. The van der Waals surface area contributed by atoms with Gasteiger partial charge >= 0.3 is 0 Å². The molecule has 1 aromatic carbocycles. The molecule has 0 unspecified atom stereocenters. The van der Waals surface area contributed by atoms with E-state index in [1.807, 2.05) is 35.2 Å². The summed E-state index contributed by atoms with van der Waals surface area (Å²) in [5.74, 6) is 0.865. The molecule has 4 nitrogen and oxygen atoms in total. The molecule has 0 spiro atoms. The summed E-state index contributed by atoms with van der Waals surface area (Å²) >= 11 is 5.95. The summed E-state index contributed by atoms with van der Waals surface area (Å²) in [7, 11) is 0. The van der Waals surface area contributed by atoms with Gasteiger partial charge in [-0.1, -0.05) is 23.7 Å². The molecule has 0 N–H and O–H groups in total. The SMILES string of the molecule is O=C(Cc1cccnc1)N1CC[C@H](Oc2cccc(Cl)c2)C1. The molecule has 1 fully saturated rings. The van der Waals surface area contributed by atoms with Gasteiger partial charge in [-0.05, 0) is 29.8 Å². The molecule has 1 aliphatic heterocycles. The van der Waals surface area contributed by atoms with Gasteiger partial charge in [-0.15, -0.1) is 0 Å². The Kier molecular flexibility index (Phi) is 4.59. The lowest BCUT2D eigenvalue weighted by Crippen LogP contribution is -2.32. The Morgan fingerprint density at radius 2 is 2.27 bits per heavy atom. The van der Waals surface area contributed by atoms with Crippen LogP contribution in [-0.2, 0) is 11.2 Å². The van der Waals surface area contributed by atoms with Crippen molar-refractivity contribution in [1.29, 1.82) is 0 Å². The summed E-state index contributed by atoms with van der Waals surface area (Å²) in [6.45, 7) is 1.34. The second-order valence-corrected chi connectivity index (χ2v) is 5.80. The molecule has 1 amide bonds. The summed E-state index contributed by atoms with van der Waals surface area (Å²) in [6.07, 6.45) is 4.69. The van der Waals surface area contributed by atoms with Crippen LogP contribution in [-0.4, -0.2) is 35.0 Å². The molecule has 2 heterocycles. The van der Waals surface area contributed by atoms with Crippen LogP contribution in [0, 0.1) is 0 Å². The van der Waals surface area contributed by atoms with Crippen molar-refractivity contribution in [3.63, 3.8) is 0 Å². The topological polar surface area (TPSA) is 42.4 Å². The number of carbonyl (C=O) groups excluding carboxylic acids is 1. The molecule has 0 saturated carbocycles. The van der Waals surface area contributed by atoms with E-state index < -0.39 is 0 Å². The minimum Gasteiger partial charge on any atom is -0.488 e. The van der Waals surface area contributed by atoms with Crippen LogP contribution in [0.4, 0.5) is 0 Å². The van der Waals surface area contributed by atoms with Gasteiger partial charge in [0.25, 0.3) is 0 Å². The molecular weight excluding hydrogens is 300 g/mol. The lowest BCUT2D eigenvalue weighted by atomic mass is 10.2. The van der Waals surface area contributed by atoms with Crippen molar-refractivity contribution < 1.29 is 9.53 Å². The van der Waals surface area contributed by atoms with E-state index in [0.29, 0.717) is 18.0 Å². The molecule has 3 rings (SSSR count). The Balaban J connectivity index is 1.54. The quantitative estimate of drug-likeness (QED) is 0.871. The number of amides is 1. The molecule has 5 heteroatoms. The van der Waals surface area contributed by atoms with Crippen LogP contribution in [0.25, 0.3) is 0 Å². The number of nitrogens with zero attached hydrogens (tertiary/aromatic N) is 2. The minimum absolute atomic E-state index is 0.0244. The van der Waals surface area contributed by atoms with Crippen molar-refractivity contribution >= 4 is 17.5 Å². The Hall–Kier alpha value is -2.07. The highest BCUT2D eigenvalue weighted by Gasteiger charge is 2.27. The van der Waals surface area contributed by atoms with E-state index in [1.165, 1.54) is 0 Å². The van der Waals surface area contributed by atoms with E-state index in [1.54, 1.807) is 18.5 Å². The number of ether oxygens (including phenoxy) is 1. The number of halogens is 1. The summed E-state index contributed by atoms with van der Waals surface area (Å²) in [4.78, 5) is 18.2. The van der Waals surface area contributed by atoms with Crippen molar-refractivity contribution in [3.8, 4) is 5.75 Å². The van der Waals surface area contributed by atoms with E-state index in [2.05, 4.69) is 4.98 Å². The number of hydrogen-bond acceptors (Lipinski definition) is 3. The summed E-state index contributed by atoms with van der Waals surface area (Å²) in [5, 5.41) is 0.653. The van der Waals surface area contributed by atoms with Gasteiger partial charge in [-0.2, -0.15) is 0 Å². The van der Waals surface area contributed by atoms with Crippen molar-refractivity contribution in [3.05, 3.63) is 59.4 Å². The van der Waals surface area contributed by atoms with Crippen LogP contribution in [0.15, 0.2) is 48.8 Å². The molecule has 0 radical (unpaired) electrons. The van der Waals surface area contributed by atoms with E-state index in [4.69, 9.17) is 16.3 Å². The van der Waals surface area contributed by atoms with Gasteiger partial charge in [0, 0.05) is 30.4 Å². The summed E-state index contributed by atoms with van der Waals surface area (Å²) in [5.41, 5.74) is 0.937. The van der Waals surface area contributed by atoms with E-state index in [9.17, 15) is 4.79 Å². The first kappa shape index (κ1) is 14.9. The van der Waals surface area contributed by atoms with Crippen LogP contribution in [0.5, 0.6) is 5.75 Å². The average Bonchev–Trinajstić information content (AvgIpc) is 2.97. The van der Waals surface area contributed by atoms with Gasteiger partial charge in [0.05, 0.1) is 13.0 Å². The van der Waals surface area contributed by atoms with Gasteiger partial charge in [0.1, 0.15) is 11.9 Å². The van der Waals surface area contributed by atoms with Crippen molar-refractivity contribution in [2.45, 2.75) is 18.9 Å². The molecule has 1 aromatic heterocycles. The lowest BCUT2D eigenvalue weighted by Gasteiger charge is -2.17. The predicted molar refractivity (Wildman–Crippen MR) is 85.0 cm³/mol. The third kappa shape index (κ3) is 3.77. The maximum atomic E-state index is 12.3. The second-order valence-electron chi connectivity index (χ2n) is 5.36. The first-order valence-corrected chi connectivity index (χ1v) is 7.67. The average molecular weight is 317 g/mol. The Labute approximate surface area is 134 Å².